The number of nitrogens with zero attached hydrogens (tertiary/aromatic N) is 1. The van der Waals surface area contributed by atoms with E-state index in [1.165, 1.54) is 0 Å². The van der Waals surface area contributed by atoms with Gasteiger partial charge in [-0.25, -0.2) is 0 Å². The molecule has 3 heteroatoms. The van der Waals surface area contributed by atoms with Crippen LogP contribution < -0.4 is 0 Å². The quantitative estimate of drug-likeness (QED) is 0.415. The first-order chi connectivity index (χ1) is 4.27. The third-order valence-electron chi connectivity index (χ3n) is 1.93. The van der Waals surface area contributed by atoms with E-state index in [1.54, 1.807) is 6.92 Å². The van der Waals surface area contributed by atoms with Gasteiger partial charge in [0.1, 0.15) is 12.2 Å². The van der Waals surface area contributed by atoms with Gasteiger partial charge in [-0.1, -0.05) is 0 Å². The van der Waals surface area contributed by atoms with Crippen molar-refractivity contribution in [3.8, 4) is 0 Å². The number of amides is 1. The molecule has 3 nitrogen and oxygen atoms in total. The topological polar surface area (TPSA) is 32.8 Å². The summed E-state index contributed by atoms with van der Waals surface area (Å²) in [4.78, 5) is 12.5. The standard InChI is InChI=1S/C6H9NO2/c1-4(8)7-2-5-6(3-7)9-5/h5-6H,2-3H2,1H3. The number of carbonyl (C=O) groups is 1. The van der Waals surface area contributed by atoms with E-state index in [-0.39, 0.29) is 5.91 Å². The van der Waals surface area contributed by atoms with Crippen LogP contribution >= 0.6 is 0 Å². The Labute approximate surface area is 53.6 Å². The van der Waals surface area contributed by atoms with E-state index in [4.69, 9.17) is 4.74 Å². The summed E-state index contributed by atoms with van der Waals surface area (Å²) in [5.41, 5.74) is 0. The zero-order valence-corrected chi connectivity index (χ0v) is 5.33. The van der Waals surface area contributed by atoms with Crippen LogP contribution in [0.1, 0.15) is 6.92 Å². The van der Waals surface area contributed by atoms with Crippen molar-refractivity contribution in [2.75, 3.05) is 13.1 Å². The number of hydrogen-bond acceptors (Lipinski definition) is 2. The highest BCUT2D eigenvalue weighted by Crippen LogP contribution is 2.30. The third-order valence-corrected chi connectivity index (χ3v) is 1.93. The molecule has 2 aliphatic heterocycles. The van der Waals surface area contributed by atoms with Crippen LogP contribution in [0.2, 0.25) is 0 Å². The van der Waals surface area contributed by atoms with Crippen molar-refractivity contribution in [1.82, 2.24) is 4.90 Å². The van der Waals surface area contributed by atoms with Gasteiger partial charge in [0.15, 0.2) is 0 Å². The Morgan fingerprint density at radius 2 is 2.11 bits per heavy atom. The molecule has 2 aliphatic rings. The predicted molar refractivity (Wildman–Crippen MR) is 30.9 cm³/mol. The Balaban J connectivity index is 1.97. The fourth-order valence-corrected chi connectivity index (χ4v) is 1.27. The van der Waals surface area contributed by atoms with Gasteiger partial charge < -0.3 is 9.64 Å². The summed E-state index contributed by atoms with van der Waals surface area (Å²) in [5, 5.41) is 0. The molecule has 2 atom stereocenters. The van der Waals surface area contributed by atoms with Crippen molar-refractivity contribution < 1.29 is 9.53 Å². The maximum atomic E-state index is 10.7. The van der Waals surface area contributed by atoms with Crippen molar-refractivity contribution in [2.24, 2.45) is 0 Å². The molecule has 2 unspecified atom stereocenters. The van der Waals surface area contributed by atoms with E-state index < -0.39 is 0 Å². The van der Waals surface area contributed by atoms with Gasteiger partial charge in [-0.05, 0) is 0 Å². The van der Waals surface area contributed by atoms with Crippen molar-refractivity contribution in [3.63, 3.8) is 0 Å². The number of hydrogen-bond donors (Lipinski definition) is 0. The lowest BCUT2D eigenvalue weighted by Gasteiger charge is -2.13. The zero-order valence-electron chi connectivity index (χ0n) is 5.33. The lowest BCUT2D eigenvalue weighted by Crippen LogP contribution is -2.28. The van der Waals surface area contributed by atoms with Gasteiger partial charge in [-0.15, -0.1) is 0 Å². The van der Waals surface area contributed by atoms with Crippen LogP contribution in [0.15, 0.2) is 0 Å². The highest BCUT2D eigenvalue weighted by molar-refractivity contribution is 5.73. The average molecular weight is 127 g/mol. The summed E-state index contributed by atoms with van der Waals surface area (Å²) in [6.45, 7) is 3.24. The van der Waals surface area contributed by atoms with Crippen molar-refractivity contribution >= 4 is 5.91 Å². The Kier molecular flexibility index (Phi) is 0.858. The summed E-state index contributed by atoms with van der Waals surface area (Å²) >= 11 is 0. The Bertz CT molecular complexity index is 147. The molecule has 0 radical (unpaired) electrons. The number of rotatable bonds is 0. The Morgan fingerprint density at radius 3 is 2.44 bits per heavy atom. The van der Waals surface area contributed by atoms with E-state index in [0.29, 0.717) is 12.2 Å². The van der Waals surface area contributed by atoms with E-state index in [2.05, 4.69) is 0 Å². The van der Waals surface area contributed by atoms with Gasteiger partial charge in [0, 0.05) is 20.0 Å². The molecular weight excluding hydrogens is 118 g/mol. The van der Waals surface area contributed by atoms with E-state index >= 15 is 0 Å². The minimum Gasteiger partial charge on any atom is -0.366 e. The van der Waals surface area contributed by atoms with Crippen molar-refractivity contribution in [2.45, 2.75) is 19.1 Å². The zero-order chi connectivity index (χ0) is 6.43. The van der Waals surface area contributed by atoms with Crippen LogP contribution in [0.4, 0.5) is 0 Å². The van der Waals surface area contributed by atoms with Gasteiger partial charge in [0.2, 0.25) is 5.91 Å². The van der Waals surface area contributed by atoms with Gasteiger partial charge in [-0.2, -0.15) is 0 Å². The molecule has 0 aromatic heterocycles. The summed E-state index contributed by atoms with van der Waals surface area (Å²) in [6.07, 6.45) is 0.766. The second-order valence-electron chi connectivity index (χ2n) is 2.64. The van der Waals surface area contributed by atoms with Crippen LogP contribution in [-0.2, 0) is 9.53 Å². The summed E-state index contributed by atoms with van der Waals surface area (Å²) < 4.78 is 5.14. The second kappa shape index (κ2) is 1.48. The Morgan fingerprint density at radius 1 is 1.56 bits per heavy atom. The molecule has 9 heavy (non-hydrogen) atoms. The molecule has 2 fully saturated rings. The molecule has 0 aromatic carbocycles. The first kappa shape index (κ1) is 5.23. The van der Waals surface area contributed by atoms with E-state index in [9.17, 15) is 4.79 Å². The number of epoxide rings is 1. The largest absolute Gasteiger partial charge is 0.366 e. The maximum Gasteiger partial charge on any atom is 0.219 e. The molecule has 2 saturated heterocycles. The smallest absolute Gasteiger partial charge is 0.219 e. The van der Waals surface area contributed by atoms with Crippen LogP contribution in [0.5, 0.6) is 0 Å². The fraction of sp³-hybridized carbons (Fsp3) is 0.833. The summed E-state index contributed by atoms with van der Waals surface area (Å²) in [6, 6.07) is 0. The third kappa shape index (κ3) is 0.721. The van der Waals surface area contributed by atoms with E-state index in [1.807, 2.05) is 4.90 Å². The van der Waals surface area contributed by atoms with Crippen molar-refractivity contribution in [1.29, 1.82) is 0 Å². The molecule has 0 spiro atoms. The lowest BCUT2D eigenvalue weighted by molar-refractivity contribution is -0.129. The monoisotopic (exact) mass is 127 g/mol. The first-order valence-corrected chi connectivity index (χ1v) is 3.18. The van der Waals surface area contributed by atoms with Crippen LogP contribution in [0.25, 0.3) is 0 Å². The van der Waals surface area contributed by atoms with Gasteiger partial charge in [0.25, 0.3) is 0 Å². The molecule has 0 N–H and O–H groups in total. The number of likely N-dealkylation sites (tertiary alicyclic amines) is 1. The van der Waals surface area contributed by atoms with Gasteiger partial charge >= 0.3 is 0 Å². The molecule has 0 aliphatic carbocycles. The summed E-state index contributed by atoms with van der Waals surface area (Å²) in [7, 11) is 0. The molecule has 0 saturated carbocycles. The summed E-state index contributed by atoms with van der Waals surface area (Å²) in [5.74, 6) is 0.172. The lowest BCUT2D eigenvalue weighted by atomic mass is 10.4. The first-order valence-electron chi connectivity index (χ1n) is 3.18. The average Bonchev–Trinajstić information content (AvgIpc) is 2.40. The number of carbonyl (C=O) groups excluding carboxylic acids is 1. The second-order valence-corrected chi connectivity index (χ2v) is 2.64. The molecule has 2 heterocycles. The number of morpholine rings is 1. The highest BCUT2D eigenvalue weighted by atomic mass is 16.6. The molecule has 2 rings (SSSR count). The predicted octanol–water partition coefficient (Wildman–Crippen LogP) is -0.384. The highest BCUT2D eigenvalue weighted by Gasteiger charge is 2.47. The van der Waals surface area contributed by atoms with E-state index in [0.717, 1.165) is 13.1 Å². The molecule has 50 valence electrons. The fourth-order valence-electron chi connectivity index (χ4n) is 1.27. The maximum absolute atomic E-state index is 10.7. The normalized spacial score (nSPS) is 38.6. The SMILES string of the molecule is CC(=O)N1CC2OC2C1. The van der Waals surface area contributed by atoms with Gasteiger partial charge in [-0.3, -0.25) is 4.79 Å². The van der Waals surface area contributed by atoms with Crippen molar-refractivity contribution in [3.05, 3.63) is 0 Å². The number of fused-ring (bicyclic) bond motifs is 1. The van der Waals surface area contributed by atoms with Crippen LogP contribution in [0, 0.1) is 0 Å². The Hall–Kier alpha value is -0.570. The molecule has 0 bridgehead atoms. The minimum atomic E-state index is 0.172. The molecule has 1 amide bonds. The molecule has 0 aromatic rings. The number of ether oxygens (including phenoxy) is 1. The van der Waals surface area contributed by atoms with Crippen LogP contribution in [-0.4, -0.2) is 36.1 Å². The van der Waals surface area contributed by atoms with Crippen LogP contribution in [0.3, 0.4) is 0 Å². The van der Waals surface area contributed by atoms with Gasteiger partial charge in [0.05, 0.1) is 0 Å². The minimum absolute atomic E-state index is 0.172. The molecular formula is C6H9NO2.